The summed E-state index contributed by atoms with van der Waals surface area (Å²) in [6.45, 7) is 1.21. The number of aromatic amines is 2. The summed E-state index contributed by atoms with van der Waals surface area (Å²) in [5, 5.41) is 5.48. The zero-order valence-electron chi connectivity index (χ0n) is 30.3. The van der Waals surface area contributed by atoms with E-state index in [0.717, 1.165) is 85.3 Å². The Balaban J connectivity index is 0.911. The van der Waals surface area contributed by atoms with Crippen molar-refractivity contribution in [3.8, 4) is 33.9 Å². The Bertz CT molecular complexity index is 1860. The van der Waals surface area contributed by atoms with Crippen LogP contribution in [0.5, 0.6) is 0 Å². The Morgan fingerprint density at radius 1 is 0.630 bits per heavy atom. The summed E-state index contributed by atoms with van der Waals surface area (Å²) in [6, 6.07) is 6.28. The molecule has 2 saturated carbocycles. The second-order valence-electron chi connectivity index (χ2n) is 14.5. The van der Waals surface area contributed by atoms with Gasteiger partial charge in [0.1, 0.15) is 23.7 Å². The van der Waals surface area contributed by atoms with E-state index in [-0.39, 0.29) is 35.7 Å². The van der Waals surface area contributed by atoms with Crippen LogP contribution in [0, 0.1) is 11.8 Å². The van der Waals surface area contributed by atoms with Crippen LogP contribution >= 0.6 is 0 Å². The fraction of sp³-hybridized carbons (Fsp3) is 0.474. The van der Waals surface area contributed by atoms with Crippen LogP contribution in [0.25, 0.3) is 33.9 Å². The van der Waals surface area contributed by atoms with Crippen molar-refractivity contribution in [2.24, 2.45) is 11.8 Å². The smallest absolute Gasteiger partial charge is 0.407 e. The molecule has 4 amide bonds. The van der Waals surface area contributed by atoms with Crippen LogP contribution in [0.2, 0.25) is 0 Å². The number of hydrogen-bond acceptors (Lipinski definition) is 10. The van der Waals surface area contributed by atoms with E-state index in [4.69, 9.17) is 9.47 Å². The maximum Gasteiger partial charge on any atom is 0.407 e. The van der Waals surface area contributed by atoms with E-state index in [9.17, 15) is 19.2 Å². The highest BCUT2D eigenvalue weighted by Crippen LogP contribution is 2.39. The number of rotatable bonds is 11. The third-order valence-corrected chi connectivity index (χ3v) is 10.9. The molecule has 54 heavy (non-hydrogen) atoms. The molecule has 8 rings (SSSR count). The molecule has 0 radical (unpaired) electrons. The molecular formula is C38H44N10O6. The molecular weight excluding hydrogens is 692 g/mol. The quantitative estimate of drug-likeness (QED) is 0.170. The van der Waals surface area contributed by atoms with Gasteiger partial charge < -0.3 is 39.9 Å². The molecule has 0 spiro atoms. The topological polar surface area (TPSA) is 200 Å². The van der Waals surface area contributed by atoms with Crippen molar-refractivity contribution < 1.29 is 28.7 Å². The Labute approximate surface area is 311 Å². The van der Waals surface area contributed by atoms with Gasteiger partial charge in [0.25, 0.3) is 0 Å². The second kappa shape index (κ2) is 14.9. The van der Waals surface area contributed by atoms with Crippen molar-refractivity contribution in [1.29, 1.82) is 0 Å². The zero-order valence-corrected chi connectivity index (χ0v) is 30.3. The van der Waals surface area contributed by atoms with Crippen LogP contribution in [-0.2, 0) is 19.1 Å². The van der Waals surface area contributed by atoms with Crippen LogP contribution in [0.15, 0.2) is 49.1 Å². The third-order valence-electron chi connectivity index (χ3n) is 10.9. The summed E-state index contributed by atoms with van der Waals surface area (Å²) >= 11 is 0. The molecule has 4 N–H and O–H groups in total. The molecule has 2 aliphatic carbocycles. The highest BCUT2D eigenvalue weighted by molar-refractivity contribution is 5.87. The lowest BCUT2D eigenvalue weighted by Crippen LogP contribution is -2.49. The number of H-pyrrole nitrogens is 2. The van der Waals surface area contributed by atoms with Crippen LogP contribution < -0.4 is 10.6 Å². The first-order chi connectivity index (χ1) is 26.3. The SMILES string of the molecule is COC(=O)N[C@H](C(=O)N1CCCC1c1ncc(-c2ccc(-c3ncc(-c4cnc([C@@H]5CCCN5C(=O)[C@@H](NC(=O)OC)C5CC5)[nH]4)cn3)cc2)[nH]1)C1CC1. The van der Waals surface area contributed by atoms with Gasteiger partial charge in [-0.15, -0.1) is 0 Å². The lowest BCUT2D eigenvalue weighted by molar-refractivity contribution is -0.135. The molecule has 16 nitrogen and oxygen atoms in total. The van der Waals surface area contributed by atoms with Gasteiger partial charge in [-0.1, -0.05) is 24.3 Å². The van der Waals surface area contributed by atoms with Crippen molar-refractivity contribution in [1.82, 2.24) is 50.3 Å². The Morgan fingerprint density at radius 2 is 1.07 bits per heavy atom. The maximum atomic E-state index is 13.5. The van der Waals surface area contributed by atoms with E-state index in [0.29, 0.717) is 24.7 Å². The lowest BCUT2D eigenvalue weighted by Gasteiger charge is -2.28. The highest BCUT2D eigenvalue weighted by Gasteiger charge is 2.44. The molecule has 1 aromatic carbocycles. The molecule has 1 unspecified atom stereocenters. The number of benzene rings is 1. The fourth-order valence-corrected chi connectivity index (χ4v) is 7.70. The second-order valence-corrected chi connectivity index (χ2v) is 14.5. The molecule has 2 aliphatic heterocycles. The molecule has 2 saturated heterocycles. The standard InChI is InChI=1S/C38H44N10O6/c1-53-37(51)45-30(22-9-10-22)35(49)47-15-3-5-28(47)33-41-19-26(43-33)21-7-13-24(14-8-21)32-39-17-25(18-40-32)27-20-42-34(44-27)29-6-4-16-48(29)36(50)31(23-11-12-23)46-38(52)54-2/h7-8,13-14,17-20,22-23,28-31H,3-6,9-12,15-16H2,1-2H3,(H,41,43)(H,42,44)(H,45,51)(H,46,52)/t28?,29-,30-,31-/m0/s1. The van der Waals surface area contributed by atoms with Gasteiger partial charge in [0.05, 0.1) is 50.1 Å². The van der Waals surface area contributed by atoms with Crippen LogP contribution in [0.3, 0.4) is 0 Å². The van der Waals surface area contributed by atoms with Crippen LogP contribution in [-0.4, -0.2) is 103 Å². The molecule has 4 fully saturated rings. The van der Waals surface area contributed by atoms with Gasteiger partial charge in [0.15, 0.2) is 5.82 Å². The zero-order chi connectivity index (χ0) is 37.3. The Hall–Kier alpha value is -5.80. The van der Waals surface area contributed by atoms with Gasteiger partial charge in [-0.2, -0.15) is 0 Å². The van der Waals surface area contributed by atoms with E-state index in [1.54, 1.807) is 24.8 Å². The first kappa shape index (κ1) is 35.2. The fourth-order valence-electron chi connectivity index (χ4n) is 7.70. The number of aromatic nitrogens is 6. The number of hydrogen-bond donors (Lipinski definition) is 4. The van der Waals surface area contributed by atoms with Crippen molar-refractivity contribution in [3.63, 3.8) is 0 Å². The first-order valence-electron chi connectivity index (χ1n) is 18.6. The summed E-state index contributed by atoms with van der Waals surface area (Å²) in [6.07, 6.45) is 12.7. The van der Waals surface area contributed by atoms with Crippen LogP contribution in [0.4, 0.5) is 9.59 Å². The summed E-state index contributed by atoms with van der Waals surface area (Å²) in [5.41, 5.74) is 4.12. The molecule has 4 atom stereocenters. The number of alkyl carbamates (subject to hydrolysis) is 2. The molecule has 5 heterocycles. The molecule has 4 aromatic rings. The summed E-state index contributed by atoms with van der Waals surface area (Å²) in [5.74, 6) is 2.06. The van der Waals surface area contributed by atoms with E-state index >= 15 is 0 Å². The van der Waals surface area contributed by atoms with Crippen molar-refractivity contribution in [2.75, 3.05) is 27.3 Å². The van der Waals surface area contributed by atoms with Gasteiger partial charge in [-0.25, -0.2) is 29.5 Å². The van der Waals surface area contributed by atoms with Gasteiger partial charge >= 0.3 is 12.2 Å². The van der Waals surface area contributed by atoms with Crippen LogP contribution in [0.1, 0.15) is 75.1 Å². The van der Waals surface area contributed by atoms with E-state index in [1.165, 1.54) is 14.2 Å². The molecule has 4 aliphatic rings. The van der Waals surface area contributed by atoms with Crippen molar-refractivity contribution >= 4 is 24.0 Å². The minimum absolute atomic E-state index is 0.0904. The summed E-state index contributed by atoms with van der Waals surface area (Å²) in [7, 11) is 2.60. The number of methoxy groups -OCH3 is 2. The van der Waals surface area contributed by atoms with Gasteiger partial charge in [-0.05, 0) is 68.8 Å². The number of ether oxygens (including phenoxy) is 2. The number of nitrogens with zero attached hydrogens (tertiary/aromatic N) is 6. The molecule has 0 bridgehead atoms. The largest absolute Gasteiger partial charge is 0.453 e. The lowest BCUT2D eigenvalue weighted by atomic mass is 10.1. The normalized spacial score (nSPS) is 20.7. The Morgan fingerprint density at radius 3 is 1.52 bits per heavy atom. The van der Waals surface area contributed by atoms with E-state index in [1.807, 2.05) is 34.1 Å². The number of nitrogens with one attached hydrogen (secondary N) is 4. The monoisotopic (exact) mass is 736 g/mol. The average molecular weight is 737 g/mol. The average Bonchev–Trinajstić information content (AvgIpc) is 3.92. The molecule has 282 valence electrons. The number of imidazole rings is 2. The van der Waals surface area contributed by atoms with Crippen molar-refractivity contribution in [2.45, 2.75) is 75.5 Å². The predicted molar refractivity (Wildman–Crippen MR) is 194 cm³/mol. The first-order valence-corrected chi connectivity index (χ1v) is 18.6. The van der Waals surface area contributed by atoms with Gasteiger partial charge in [0.2, 0.25) is 11.8 Å². The maximum absolute atomic E-state index is 13.5. The minimum Gasteiger partial charge on any atom is -0.453 e. The molecule has 16 heteroatoms. The number of carbonyl (C=O) groups excluding carboxylic acids is 4. The number of likely N-dealkylation sites (tertiary alicyclic amines) is 2. The van der Waals surface area contributed by atoms with E-state index < -0.39 is 24.3 Å². The predicted octanol–water partition coefficient (Wildman–Crippen LogP) is 4.52. The summed E-state index contributed by atoms with van der Waals surface area (Å²) < 4.78 is 9.54. The van der Waals surface area contributed by atoms with E-state index in [2.05, 4.69) is 40.5 Å². The van der Waals surface area contributed by atoms with Crippen molar-refractivity contribution in [3.05, 3.63) is 60.7 Å². The van der Waals surface area contributed by atoms with Gasteiger partial charge in [0, 0.05) is 36.6 Å². The minimum atomic E-state index is -0.597. The molecule has 3 aromatic heterocycles. The van der Waals surface area contributed by atoms with Gasteiger partial charge in [-0.3, -0.25) is 9.59 Å². The Kier molecular flexibility index (Phi) is 9.73. The third kappa shape index (κ3) is 7.24. The highest BCUT2D eigenvalue weighted by atomic mass is 16.5. The number of carbonyl (C=O) groups is 4. The number of amides is 4. The summed E-state index contributed by atoms with van der Waals surface area (Å²) in [4.78, 5) is 80.0.